The number of aliphatic carboxylic acids is 1. The first-order chi connectivity index (χ1) is 10.0. The van der Waals surface area contributed by atoms with Gasteiger partial charge in [0.15, 0.2) is 0 Å². The van der Waals surface area contributed by atoms with E-state index in [1.54, 1.807) is 19.1 Å². The quantitative estimate of drug-likeness (QED) is 0.676. The Hall–Kier alpha value is -2.56. The number of rotatable bonds is 5. The first-order valence-electron chi connectivity index (χ1n) is 6.61. The molecular weight excluding hydrogens is 272 g/mol. The zero-order valence-electron chi connectivity index (χ0n) is 11.9. The van der Waals surface area contributed by atoms with E-state index in [4.69, 9.17) is 14.3 Å². The van der Waals surface area contributed by atoms with Crippen LogP contribution < -0.4 is 10.4 Å². The summed E-state index contributed by atoms with van der Waals surface area (Å²) in [6, 6.07) is 6.64. The normalized spacial score (nSPS) is 11.6. The summed E-state index contributed by atoms with van der Waals surface area (Å²) in [4.78, 5) is 22.2. The lowest BCUT2D eigenvalue weighted by Gasteiger charge is -2.06. The number of aryl methyl sites for hydroxylation is 1. The van der Waals surface area contributed by atoms with Gasteiger partial charge in [-0.3, -0.25) is 0 Å². The van der Waals surface area contributed by atoms with Gasteiger partial charge in [-0.05, 0) is 37.1 Å². The van der Waals surface area contributed by atoms with Crippen molar-refractivity contribution in [2.45, 2.75) is 20.3 Å². The lowest BCUT2D eigenvalue weighted by molar-refractivity contribution is -0.132. The number of benzene rings is 1. The average molecular weight is 288 g/mol. The van der Waals surface area contributed by atoms with Gasteiger partial charge in [-0.15, -0.1) is 0 Å². The van der Waals surface area contributed by atoms with Crippen LogP contribution in [0.4, 0.5) is 0 Å². The molecule has 0 aliphatic rings. The lowest BCUT2D eigenvalue weighted by atomic mass is 10.1. The number of fused-ring (bicyclic) bond motifs is 1. The Morgan fingerprint density at radius 3 is 2.81 bits per heavy atom. The third kappa shape index (κ3) is 3.51. The number of ether oxygens (including phenoxy) is 1. The van der Waals surface area contributed by atoms with Crippen molar-refractivity contribution in [3.8, 4) is 5.75 Å². The summed E-state index contributed by atoms with van der Waals surface area (Å²) in [6.45, 7) is 3.76. The first-order valence-corrected chi connectivity index (χ1v) is 6.61. The van der Waals surface area contributed by atoms with Gasteiger partial charge >= 0.3 is 11.6 Å². The number of hydrogen-bond donors (Lipinski definition) is 1. The Kier molecular flexibility index (Phi) is 4.42. The molecule has 5 heteroatoms. The Bertz CT molecular complexity index is 755. The van der Waals surface area contributed by atoms with E-state index >= 15 is 0 Å². The van der Waals surface area contributed by atoms with Gasteiger partial charge < -0.3 is 14.3 Å². The van der Waals surface area contributed by atoms with E-state index in [0.717, 1.165) is 10.9 Å². The van der Waals surface area contributed by atoms with E-state index in [2.05, 4.69) is 0 Å². The van der Waals surface area contributed by atoms with Crippen molar-refractivity contribution in [1.82, 2.24) is 0 Å². The molecule has 0 fully saturated rings. The highest BCUT2D eigenvalue weighted by molar-refractivity contribution is 5.86. The SMILES string of the molecule is CCC(=CCOc1ccc2c(C)cc(=O)oc2c1)C(=O)O. The van der Waals surface area contributed by atoms with Crippen LogP contribution in [0.15, 0.2) is 45.1 Å². The molecule has 1 N–H and O–H groups in total. The molecule has 2 aromatic rings. The number of hydrogen-bond acceptors (Lipinski definition) is 4. The van der Waals surface area contributed by atoms with Crippen molar-refractivity contribution in [1.29, 1.82) is 0 Å². The topological polar surface area (TPSA) is 76.7 Å². The highest BCUT2D eigenvalue weighted by Gasteiger charge is 2.05. The number of carboxylic acids is 1. The van der Waals surface area contributed by atoms with Crippen LogP contribution in [0.1, 0.15) is 18.9 Å². The van der Waals surface area contributed by atoms with Gasteiger partial charge in [-0.25, -0.2) is 9.59 Å². The van der Waals surface area contributed by atoms with E-state index in [1.165, 1.54) is 12.1 Å². The molecular formula is C16H16O5. The van der Waals surface area contributed by atoms with Gasteiger partial charge in [0, 0.05) is 23.1 Å². The summed E-state index contributed by atoms with van der Waals surface area (Å²) < 4.78 is 10.6. The molecule has 0 aliphatic carbocycles. The van der Waals surface area contributed by atoms with Crippen LogP contribution in [-0.4, -0.2) is 17.7 Å². The molecule has 21 heavy (non-hydrogen) atoms. The molecule has 1 heterocycles. The summed E-state index contributed by atoms with van der Waals surface area (Å²) in [5, 5.41) is 9.74. The molecule has 0 radical (unpaired) electrons. The second-order valence-corrected chi connectivity index (χ2v) is 4.61. The Morgan fingerprint density at radius 1 is 1.38 bits per heavy atom. The van der Waals surface area contributed by atoms with Crippen LogP contribution in [0, 0.1) is 6.92 Å². The summed E-state index contributed by atoms with van der Waals surface area (Å²) in [5.41, 5.74) is 1.19. The van der Waals surface area contributed by atoms with Crippen LogP contribution in [0.5, 0.6) is 5.75 Å². The van der Waals surface area contributed by atoms with Crippen LogP contribution in [-0.2, 0) is 4.79 Å². The molecule has 1 aromatic heterocycles. The molecule has 0 aliphatic heterocycles. The zero-order chi connectivity index (χ0) is 15.4. The van der Waals surface area contributed by atoms with Gasteiger partial charge in [-0.2, -0.15) is 0 Å². The Labute approximate surface area is 121 Å². The molecule has 2 rings (SSSR count). The predicted octanol–water partition coefficient (Wildman–Crippen LogP) is 2.90. The Balaban J connectivity index is 2.20. The fraction of sp³-hybridized carbons (Fsp3) is 0.250. The standard InChI is InChI=1S/C16H16O5/c1-3-11(16(18)19)6-7-20-12-4-5-13-10(2)8-15(17)21-14(13)9-12/h4-6,8-9H,3,7H2,1-2H3,(H,18,19). The van der Waals surface area contributed by atoms with Crippen molar-refractivity contribution in [3.05, 3.63) is 51.9 Å². The van der Waals surface area contributed by atoms with E-state index in [-0.39, 0.29) is 6.61 Å². The average Bonchev–Trinajstić information content (AvgIpc) is 2.42. The maximum absolute atomic E-state index is 11.4. The third-order valence-corrected chi connectivity index (χ3v) is 3.16. The molecule has 0 unspecified atom stereocenters. The molecule has 110 valence electrons. The van der Waals surface area contributed by atoms with E-state index in [1.807, 2.05) is 13.0 Å². The molecule has 0 bridgehead atoms. The van der Waals surface area contributed by atoms with E-state index < -0.39 is 11.6 Å². The number of carbonyl (C=O) groups is 1. The molecule has 0 amide bonds. The zero-order valence-corrected chi connectivity index (χ0v) is 11.9. The van der Waals surface area contributed by atoms with Crippen LogP contribution >= 0.6 is 0 Å². The largest absolute Gasteiger partial charge is 0.489 e. The van der Waals surface area contributed by atoms with E-state index in [9.17, 15) is 9.59 Å². The maximum atomic E-state index is 11.4. The van der Waals surface area contributed by atoms with Gasteiger partial charge in [0.05, 0.1) is 0 Å². The van der Waals surface area contributed by atoms with Gasteiger partial charge in [0.25, 0.3) is 0 Å². The van der Waals surface area contributed by atoms with Crippen LogP contribution in [0.2, 0.25) is 0 Å². The first kappa shape index (κ1) is 14.8. The molecule has 5 nitrogen and oxygen atoms in total. The van der Waals surface area contributed by atoms with Crippen LogP contribution in [0.25, 0.3) is 11.0 Å². The van der Waals surface area contributed by atoms with Crippen molar-refractivity contribution in [2.75, 3.05) is 6.61 Å². The van der Waals surface area contributed by atoms with Crippen molar-refractivity contribution in [3.63, 3.8) is 0 Å². The van der Waals surface area contributed by atoms with Crippen LogP contribution in [0.3, 0.4) is 0 Å². The highest BCUT2D eigenvalue weighted by atomic mass is 16.5. The van der Waals surface area contributed by atoms with Crippen molar-refractivity contribution < 1.29 is 19.1 Å². The molecule has 0 spiro atoms. The highest BCUT2D eigenvalue weighted by Crippen LogP contribution is 2.22. The van der Waals surface area contributed by atoms with E-state index in [0.29, 0.717) is 23.3 Å². The summed E-state index contributed by atoms with van der Waals surface area (Å²) in [7, 11) is 0. The fourth-order valence-corrected chi connectivity index (χ4v) is 2.02. The van der Waals surface area contributed by atoms with Crippen molar-refractivity contribution in [2.24, 2.45) is 0 Å². The summed E-state index contributed by atoms with van der Waals surface area (Å²) in [6.07, 6.45) is 1.96. The minimum atomic E-state index is -0.943. The molecule has 0 saturated carbocycles. The third-order valence-electron chi connectivity index (χ3n) is 3.16. The smallest absolute Gasteiger partial charge is 0.336 e. The molecule has 1 aromatic carbocycles. The Morgan fingerprint density at radius 2 is 2.14 bits per heavy atom. The summed E-state index contributed by atoms with van der Waals surface area (Å²) in [5.74, 6) is -0.422. The minimum absolute atomic E-state index is 0.150. The van der Waals surface area contributed by atoms with Crippen molar-refractivity contribution >= 4 is 16.9 Å². The molecule has 0 atom stereocenters. The molecule has 0 saturated heterocycles. The second-order valence-electron chi connectivity index (χ2n) is 4.61. The maximum Gasteiger partial charge on any atom is 0.336 e. The second kappa shape index (κ2) is 6.26. The lowest BCUT2D eigenvalue weighted by Crippen LogP contribution is -2.03. The van der Waals surface area contributed by atoms with Gasteiger partial charge in [-0.1, -0.05) is 6.92 Å². The monoisotopic (exact) mass is 288 g/mol. The summed E-state index contributed by atoms with van der Waals surface area (Å²) >= 11 is 0. The predicted molar refractivity (Wildman–Crippen MR) is 78.7 cm³/mol. The minimum Gasteiger partial charge on any atom is -0.489 e. The van der Waals surface area contributed by atoms with Gasteiger partial charge in [0.1, 0.15) is 17.9 Å². The number of carboxylic acid groups (broad SMARTS) is 1. The van der Waals surface area contributed by atoms with Gasteiger partial charge in [0.2, 0.25) is 0 Å². The fourth-order valence-electron chi connectivity index (χ4n) is 2.02.